The first-order valence-corrected chi connectivity index (χ1v) is 6.57. The molecule has 0 aliphatic heterocycles. The van der Waals surface area contributed by atoms with E-state index in [0.717, 1.165) is 29.9 Å². The molecule has 0 radical (unpaired) electrons. The van der Waals surface area contributed by atoms with Crippen LogP contribution in [0.3, 0.4) is 0 Å². The normalized spacial score (nSPS) is 11.8. The summed E-state index contributed by atoms with van der Waals surface area (Å²) in [7, 11) is 0. The van der Waals surface area contributed by atoms with Crippen molar-refractivity contribution in [3.63, 3.8) is 0 Å². The monoisotopic (exact) mass is 273 g/mol. The van der Waals surface area contributed by atoms with Crippen molar-refractivity contribution in [2.45, 2.75) is 33.6 Å². The molecule has 0 bridgehead atoms. The number of pyridine rings is 1. The molecule has 2 aromatic rings. The molecule has 0 aromatic carbocycles. The van der Waals surface area contributed by atoms with Gasteiger partial charge in [0.15, 0.2) is 5.84 Å². The minimum absolute atomic E-state index is 0.0566. The van der Waals surface area contributed by atoms with E-state index in [1.54, 1.807) is 6.20 Å². The predicted molar refractivity (Wildman–Crippen MR) is 77.3 cm³/mol. The van der Waals surface area contributed by atoms with Crippen molar-refractivity contribution in [3.05, 3.63) is 41.1 Å². The molecule has 0 saturated heterocycles. The Morgan fingerprint density at radius 3 is 2.85 bits per heavy atom. The molecule has 0 aliphatic carbocycles. The van der Waals surface area contributed by atoms with Crippen LogP contribution in [0.15, 0.2) is 23.6 Å². The first-order chi connectivity index (χ1) is 9.58. The second kappa shape index (κ2) is 5.73. The molecule has 0 fully saturated rings. The number of hydrogen-bond acceptors (Lipinski definition) is 4. The Morgan fingerprint density at radius 2 is 2.20 bits per heavy atom. The fraction of sp³-hybridized carbons (Fsp3) is 0.357. The number of nitrogens with zero attached hydrogens (tertiary/aromatic N) is 4. The van der Waals surface area contributed by atoms with Gasteiger partial charge < -0.3 is 10.9 Å². The van der Waals surface area contributed by atoms with E-state index in [2.05, 4.69) is 22.0 Å². The minimum atomic E-state index is 0.0566. The van der Waals surface area contributed by atoms with Gasteiger partial charge in [-0.2, -0.15) is 0 Å². The third-order valence-corrected chi connectivity index (χ3v) is 3.11. The lowest BCUT2D eigenvalue weighted by molar-refractivity contribution is 0.318. The summed E-state index contributed by atoms with van der Waals surface area (Å²) in [5.74, 6) is 1.62. The summed E-state index contributed by atoms with van der Waals surface area (Å²) < 4.78 is 1.90. The van der Waals surface area contributed by atoms with E-state index in [-0.39, 0.29) is 5.84 Å². The van der Waals surface area contributed by atoms with Crippen LogP contribution >= 0.6 is 0 Å². The number of nitrogens with two attached hydrogens (primary N) is 1. The SMILES string of the molecule is CCCc1nccn1-c1nc(C)cc(C)c1C(N)=NO. The molecule has 2 heterocycles. The molecule has 0 unspecified atom stereocenters. The zero-order valence-corrected chi connectivity index (χ0v) is 12.0. The number of aryl methyl sites for hydroxylation is 3. The van der Waals surface area contributed by atoms with Crippen molar-refractivity contribution in [1.82, 2.24) is 14.5 Å². The van der Waals surface area contributed by atoms with Crippen LogP contribution in [0.5, 0.6) is 0 Å². The summed E-state index contributed by atoms with van der Waals surface area (Å²) in [5, 5.41) is 12.1. The van der Waals surface area contributed by atoms with E-state index >= 15 is 0 Å². The number of aromatic nitrogens is 3. The van der Waals surface area contributed by atoms with E-state index < -0.39 is 0 Å². The van der Waals surface area contributed by atoms with Gasteiger partial charge in [0.1, 0.15) is 11.6 Å². The molecule has 6 nitrogen and oxygen atoms in total. The van der Waals surface area contributed by atoms with Gasteiger partial charge in [-0.1, -0.05) is 12.1 Å². The lowest BCUT2D eigenvalue weighted by atomic mass is 10.1. The van der Waals surface area contributed by atoms with Crippen LogP contribution in [-0.2, 0) is 6.42 Å². The molecule has 20 heavy (non-hydrogen) atoms. The first-order valence-electron chi connectivity index (χ1n) is 6.57. The fourth-order valence-corrected chi connectivity index (χ4v) is 2.29. The molecule has 0 aliphatic rings. The van der Waals surface area contributed by atoms with Crippen molar-refractivity contribution < 1.29 is 5.21 Å². The van der Waals surface area contributed by atoms with Crippen LogP contribution in [-0.4, -0.2) is 25.6 Å². The second-order valence-corrected chi connectivity index (χ2v) is 4.73. The Morgan fingerprint density at radius 1 is 1.45 bits per heavy atom. The Balaban J connectivity index is 2.69. The van der Waals surface area contributed by atoms with Gasteiger partial charge in [-0.25, -0.2) is 9.97 Å². The highest BCUT2D eigenvalue weighted by Crippen LogP contribution is 2.19. The summed E-state index contributed by atoms with van der Waals surface area (Å²) in [6.07, 6.45) is 5.42. The molecular weight excluding hydrogens is 254 g/mol. The standard InChI is InChI=1S/C14H19N5O/c1-4-5-11-16-6-7-19(11)14-12(13(15)18-20)9(2)8-10(3)17-14/h6-8,20H,4-5H2,1-3H3,(H2,15,18). The molecule has 0 atom stereocenters. The first kappa shape index (κ1) is 14.0. The highest BCUT2D eigenvalue weighted by Gasteiger charge is 2.16. The van der Waals surface area contributed by atoms with Crippen molar-refractivity contribution >= 4 is 5.84 Å². The van der Waals surface area contributed by atoms with E-state index in [1.165, 1.54) is 0 Å². The maximum Gasteiger partial charge on any atom is 0.174 e. The zero-order chi connectivity index (χ0) is 14.7. The summed E-state index contributed by atoms with van der Waals surface area (Å²) in [6.45, 7) is 5.93. The summed E-state index contributed by atoms with van der Waals surface area (Å²) >= 11 is 0. The third-order valence-electron chi connectivity index (χ3n) is 3.11. The van der Waals surface area contributed by atoms with Crippen molar-refractivity contribution in [2.24, 2.45) is 10.9 Å². The quantitative estimate of drug-likeness (QED) is 0.385. The molecule has 0 spiro atoms. The zero-order valence-electron chi connectivity index (χ0n) is 12.0. The van der Waals surface area contributed by atoms with Crippen molar-refractivity contribution in [3.8, 4) is 5.82 Å². The van der Waals surface area contributed by atoms with Crippen LogP contribution in [0.25, 0.3) is 5.82 Å². The topological polar surface area (TPSA) is 89.3 Å². The largest absolute Gasteiger partial charge is 0.409 e. The van der Waals surface area contributed by atoms with Crippen LogP contribution < -0.4 is 5.73 Å². The molecule has 0 amide bonds. The summed E-state index contributed by atoms with van der Waals surface area (Å²) in [5.41, 5.74) is 8.23. The summed E-state index contributed by atoms with van der Waals surface area (Å²) in [6, 6.07) is 1.91. The smallest absolute Gasteiger partial charge is 0.174 e. The number of imidazole rings is 1. The van der Waals surface area contributed by atoms with Gasteiger partial charge in [-0.3, -0.25) is 4.57 Å². The molecule has 106 valence electrons. The van der Waals surface area contributed by atoms with Gasteiger partial charge in [0.05, 0.1) is 5.56 Å². The predicted octanol–water partition coefficient (Wildman–Crippen LogP) is 1.93. The van der Waals surface area contributed by atoms with Gasteiger partial charge >= 0.3 is 0 Å². The van der Waals surface area contributed by atoms with Crippen molar-refractivity contribution in [2.75, 3.05) is 0 Å². The van der Waals surface area contributed by atoms with Crippen LogP contribution in [0.2, 0.25) is 0 Å². The third kappa shape index (κ3) is 2.49. The molecule has 2 aromatic heterocycles. The van der Waals surface area contributed by atoms with E-state index in [0.29, 0.717) is 11.4 Å². The van der Waals surface area contributed by atoms with E-state index in [4.69, 9.17) is 10.9 Å². The molecule has 3 N–H and O–H groups in total. The molecule has 6 heteroatoms. The maximum atomic E-state index is 8.99. The van der Waals surface area contributed by atoms with Crippen molar-refractivity contribution in [1.29, 1.82) is 0 Å². The fourth-order valence-electron chi connectivity index (χ4n) is 2.29. The Kier molecular flexibility index (Phi) is 4.02. The van der Waals surface area contributed by atoms with Crippen LogP contribution in [0, 0.1) is 13.8 Å². The second-order valence-electron chi connectivity index (χ2n) is 4.73. The van der Waals surface area contributed by atoms with Gasteiger partial charge in [-0.15, -0.1) is 0 Å². The lowest BCUT2D eigenvalue weighted by Gasteiger charge is -2.14. The highest BCUT2D eigenvalue weighted by molar-refractivity contribution is 6.01. The maximum absolute atomic E-state index is 8.99. The van der Waals surface area contributed by atoms with Crippen LogP contribution in [0.1, 0.15) is 36.0 Å². The number of hydrogen-bond donors (Lipinski definition) is 2. The minimum Gasteiger partial charge on any atom is -0.409 e. The number of oxime groups is 1. The lowest BCUT2D eigenvalue weighted by Crippen LogP contribution is -2.20. The average Bonchev–Trinajstić information content (AvgIpc) is 2.85. The Labute approximate surface area is 118 Å². The molecule has 2 rings (SSSR count). The van der Waals surface area contributed by atoms with Gasteiger partial charge in [0.25, 0.3) is 0 Å². The van der Waals surface area contributed by atoms with Gasteiger partial charge in [0, 0.05) is 24.5 Å². The Hall–Kier alpha value is -2.37. The highest BCUT2D eigenvalue weighted by atomic mass is 16.4. The average molecular weight is 273 g/mol. The van der Waals surface area contributed by atoms with E-state index in [1.807, 2.05) is 30.7 Å². The molecular formula is C14H19N5O. The van der Waals surface area contributed by atoms with E-state index in [9.17, 15) is 0 Å². The number of rotatable bonds is 4. The molecule has 0 saturated carbocycles. The van der Waals surface area contributed by atoms with Crippen LogP contribution in [0.4, 0.5) is 0 Å². The Bertz CT molecular complexity index is 645. The van der Waals surface area contributed by atoms with Gasteiger partial charge in [-0.05, 0) is 31.9 Å². The summed E-state index contributed by atoms with van der Waals surface area (Å²) in [4.78, 5) is 8.89. The van der Waals surface area contributed by atoms with Gasteiger partial charge in [0.2, 0.25) is 0 Å². The number of amidine groups is 1.